The molecule has 1 N–H and O–H groups in total. The molecule has 0 unspecified atom stereocenters. The highest BCUT2D eigenvalue weighted by atomic mass is 16.3. The van der Waals surface area contributed by atoms with Crippen LogP contribution in [0.4, 0.5) is 0 Å². The fourth-order valence-corrected chi connectivity index (χ4v) is 2.45. The summed E-state index contributed by atoms with van der Waals surface area (Å²) in [4.78, 5) is 4.49. The molecule has 0 fully saturated rings. The predicted octanol–water partition coefficient (Wildman–Crippen LogP) is 2.24. The van der Waals surface area contributed by atoms with E-state index in [0.29, 0.717) is 0 Å². The number of aryl methyl sites for hydroxylation is 1. The minimum Gasteiger partial charge on any atom is -0.392 e. The Labute approximate surface area is 101 Å². The van der Waals surface area contributed by atoms with Gasteiger partial charge in [0.05, 0.1) is 18.6 Å². The first-order chi connectivity index (χ1) is 8.38. The van der Waals surface area contributed by atoms with Crippen LogP contribution in [0.1, 0.15) is 29.8 Å². The summed E-state index contributed by atoms with van der Waals surface area (Å²) in [7, 11) is 0. The fraction of sp³-hybridized carbons (Fsp3) is 0.357. The van der Waals surface area contributed by atoms with E-state index < -0.39 is 0 Å². The minimum absolute atomic E-state index is 0.0995. The SMILES string of the molecule is OCc1ccc(-n2cnc3c2CCCC3)cc1. The number of aromatic nitrogens is 2. The highest BCUT2D eigenvalue weighted by molar-refractivity contribution is 5.38. The second-order valence-corrected chi connectivity index (χ2v) is 4.54. The molecule has 1 aliphatic carbocycles. The Bertz CT molecular complexity index is 514. The molecule has 3 nitrogen and oxygen atoms in total. The van der Waals surface area contributed by atoms with Crippen LogP contribution in [0.15, 0.2) is 30.6 Å². The van der Waals surface area contributed by atoms with Crippen molar-refractivity contribution in [3.63, 3.8) is 0 Å². The molecule has 1 aromatic heterocycles. The van der Waals surface area contributed by atoms with Gasteiger partial charge in [0.15, 0.2) is 0 Å². The summed E-state index contributed by atoms with van der Waals surface area (Å²) in [5, 5.41) is 9.03. The van der Waals surface area contributed by atoms with E-state index in [4.69, 9.17) is 5.11 Å². The minimum atomic E-state index is 0.0995. The van der Waals surface area contributed by atoms with Crippen molar-refractivity contribution < 1.29 is 5.11 Å². The molecular weight excluding hydrogens is 212 g/mol. The number of rotatable bonds is 2. The quantitative estimate of drug-likeness (QED) is 0.856. The van der Waals surface area contributed by atoms with Crippen LogP contribution in [0, 0.1) is 0 Å². The number of aliphatic hydroxyl groups excluding tert-OH is 1. The summed E-state index contributed by atoms with van der Waals surface area (Å²) in [6, 6.07) is 8.01. The van der Waals surface area contributed by atoms with Crippen LogP contribution in [0.5, 0.6) is 0 Å². The molecule has 2 aromatic rings. The first-order valence-electron chi connectivity index (χ1n) is 6.14. The van der Waals surface area contributed by atoms with Gasteiger partial charge < -0.3 is 9.67 Å². The van der Waals surface area contributed by atoms with Crippen LogP contribution in [0.25, 0.3) is 5.69 Å². The van der Waals surface area contributed by atoms with E-state index >= 15 is 0 Å². The molecule has 17 heavy (non-hydrogen) atoms. The molecule has 0 atom stereocenters. The maximum atomic E-state index is 9.03. The lowest BCUT2D eigenvalue weighted by atomic mass is 10.0. The lowest BCUT2D eigenvalue weighted by molar-refractivity contribution is 0.282. The van der Waals surface area contributed by atoms with Crippen molar-refractivity contribution in [3.8, 4) is 5.69 Å². The summed E-state index contributed by atoms with van der Waals surface area (Å²) in [5.41, 5.74) is 4.69. The summed E-state index contributed by atoms with van der Waals surface area (Å²) in [6.07, 6.45) is 6.67. The van der Waals surface area contributed by atoms with Crippen molar-refractivity contribution in [2.24, 2.45) is 0 Å². The van der Waals surface area contributed by atoms with Crippen LogP contribution >= 0.6 is 0 Å². The van der Waals surface area contributed by atoms with Crippen molar-refractivity contribution in [2.45, 2.75) is 32.3 Å². The van der Waals surface area contributed by atoms with Gasteiger partial charge >= 0.3 is 0 Å². The standard InChI is InChI=1S/C14H16N2O/c17-9-11-5-7-12(8-6-11)16-10-15-13-3-1-2-4-14(13)16/h5-8,10,17H,1-4,9H2. The van der Waals surface area contributed by atoms with E-state index in [-0.39, 0.29) is 6.61 Å². The molecule has 3 heteroatoms. The third kappa shape index (κ3) is 1.87. The third-order valence-corrected chi connectivity index (χ3v) is 3.43. The zero-order valence-electron chi connectivity index (χ0n) is 9.76. The largest absolute Gasteiger partial charge is 0.392 e. The van der Waals surface area contributed by atoms with Gasteiger partial charge in [-0.25, -0.2) is 4.98 Å². The van der Waals surface area contributed by atoms with Gasteiger partial charge in [0.1, 0.15) is 0 Å². The Hall–Kier alpha value is -1.61. The fourth-order valence-electron chi connectivity index (χ4n) is 2.45. The van der Waals surface area contributed by atoms with Crippen LogP contribution in [-0.4, -0.2) is 14.7 Å². The molecule has 1 aliphatic rings. The van der Waals surface area contributed by atoms with Gasteiger partial charge in [-0.05, 0) is 43.4 Å². The Morgan fingerprint density at radius 2 is 1.88 bits per heavy atom. The average molecular weight is 228 g/mol. The number of hydrogen-bond donors (Lipinski definition) is 1. The molecule has 1 aromatic carbocycles. The van der Waals surface area contributed by atoms with Crippen molar-refractivity contribution in [3.05, 3.63) is 47.5 Å². The molecule has 3 rings (SSSR count). The van der Waals surface area contributed by atoms with Gasteiger partial charge in [-0.3, -0.25) is 0 Å². The van der Waals surface area contributed by atoms with Gasteiger partial charge in [0.25, 0.3) is 0 Å². The highest BCUT2D eigenvalue weighted by Gasteiger charge is 2.15. The molecule has 0 saturated heterocycles. The summed E-state index contributed by atoms with van der Waals surface area (Å²) in [6.45, 7) is 0.0995. The number of nitrogens with zero attached hydrogens (tertiary/aromatic N) is 2. The second kappa shape index (κ2) is 4.34. The van der Waals surface area contributed by atoms with Crippen LogP contribution < -0.4 is 0 Å². The van der Waals surface area contributed by atoms with Gasteiger partial charge in [-0.15, -0.1) is 0 Å². The Balaban J connectivity index is 2.00. The zero-order chi connectivity index (χ0) is 11.7. The van der Waals surface area contributed by atoms with E-state index in [1.54, 1.807) is 0 Å². The monoisotopic (exact) mass is 228 g/mol. The van der Waals surface area contributed by atoms with E-state index in [9.17, 15) is 0 Å². The van der Waals surface area contributed by atoms with Crippen LogP contribution in [-0.2, 0) is 19.4 Å². The maximum Gasteiger partial charge on any atom is 0.0997 e. The van der Waals surface area contributed by atoms with Gasteiger partial charge in [0.2, 0.25) is 0 Å². The van der Waals surface area contributed by atoms with Gasteiger partial charge in [-0.1, -0.05) is 12.1 Å². The molecular formula is C14H16N2O. The van der Waals surface area contributed by atoms with Crippen LogP contribution in [0.3, 0.4) is 0 Å². The molecule has 0 aliphatic heterocycles. The van der Waals surface area contributed by atoms with Crippen molar-refractivity contribution in [1.82, 2.24) is 9.55 Å². The van der Waals surface area contributed by atoms with Gasteiger partial charge in [0, 0.05) is 11.4 Å². The molecule has 0 bridgehead atoms. The van der Waals surface area contributed by atoms with Crippen molar-refractivity contribution in [1.29, 1.82) is 0 Å². The second-order valence-electron chi connectivity index (χ2n) is 4.54. The van der Waals surface area contributed by atoms with Gasteiger partial charge in [-0.2, -0.15) is 0 Å². The van der Waals surface area contributed by atoms with Crippen molar-refractivity contribution in [2.75, 3.05) is 0 Å². The van der Waals surface area contributed by atoms with Crippen LogP contribution in [0.2, 0.25) is 0 Å². The van der Waals surface area contributed by atoms with E-state index in [2.05, 4.69) is 9.55 Å². The zero-order valence-corrected chi connectivity index (χ0v) is 9.76. The molecule has 1 heterocycles. The number of fused-ring (bicyclic) bond motifs is 1. The Morgan fingerprint density at radius 3 is 2.65 bits per heavy atom. The Morgan fingerprint density at radius 1 is 1.12 bits per heavy atom. The summed E-state index contributed by atoms with van der Waals surface area (Å²) in [5.74, 6) is 0. The smallest absolute Gasteiger partial charge is 0.0997 e. The number of hydrogen-bond acceptors (Lipinski definition) is 2. The molecule has 88 valence electrons. The van der Waals surface area contributed by atoms with E-state index in [0.717, 1.165) is 24.1 Å². The Kier molecular flexibility index (Phi) is 2.69. The predicted molar refractivity (Wildman–Crippen MR) is 66.1 cm³/mol. The third-order valence-electron chi connectivity index (χ3n) is 3.43. The first kappa shape index (κ1) is 10.5. The maximum absolute atomic E-state index is 9.03. The highest BCUT2D eigenvalue weighted by Crippen LogP contribution is 2.23. The normalized spacial score (nSPS) is 14.6. The van der Waals surface area contributed by atoms with Crippen molar-refractivity contribution >= 4 is 0 Å². The average Bonchev–Trinajstić information content (AvgIpc) is 2.83. The lowest BCUT2D eigenvalue weighted by Crippen LogP contribution is -2.06. The van der Waals surface area contributed by atoms with E-state index in [1.165, 1.54) is 24.2 Å². The lowest BCUT2D eigenvalue weighted by Gasteiger charge is -2.14. The summed E-state index contributed by atoms with van der Waals surface area (Å²) >= 11 is 0. The number of aliphatic hydroxyl groups is 1. The summed E-state index contributed by atoms with van der Waals surface area (Å²) < 4.78 is 2.18. The molecule has 0 radical (unpaired) electrons. The molecule has 0 amide bonds. The molecule has 0 saturated carbocycles. The van der Waals surface area contributed by atoms with E-state index in [1.807, 2.05) is 30.6 Å². The topological polar surface area (TPSA) is 38.0 Å². The molecule has 0 spiro atoms. The first-order valence-corrected chi connectivity index (χ1v) is 6.14. The number of benzene rings is 1. The number of imidazole rings is 1.